The lowest BCUT2D eigenvalue weighted by atomic mass is 10.0. The van der Waals surface area contributed by atoms with E-state index in [4.69, 9.17) is 0 Å². The summed E-state index contributed by atoms with van der Waals surface area (Å²) in [5, 5.41) is 9.66. The largest absolute Gasteiger partial charge is 0.356 e. The zero-order valence-electron chi connectivity index (χ0n) is 14.4. The van der Waals surface area contributed by atoms with Crippen molar-refractivity contribution in [2.75, 3.05) is 20.1 Å². The van der Waals surface area contributed by atoms with Crippen molar-refractivity contribution in [3.05, 3.63) is 0 Å². The van der Waals surface area contributed by atoms with Gasteiger partial charge in [-0.05, 0) is 38.0 Å². The molecule has 0 atom stereocenters. The first kappa shape index (κ1) is 20.5. The van der Waals surface area contributed by atoms with Gasteiger partial charge in [-0.1, -0.05) is 25.7 Å². The molecule has 0 aliphatic heterocycles. The third-order valence-corrected chi connectivity index (χ3v) is 4.60. The molecule has 3 N–H and O–H groups in total. The average molecular weight is 436 g/mol. The lowest BCUT2D eigenvalue weighted by molar-refractivity contribution is -0.121. The molecule has 0 heterocycles. The zero-order chi connectivity index (χ0) is 15.6. The highest BCUT2D eigenvalue weighted by Crippen LogP contribution is 2.28. The van der Waals surface area contributed by atoms with Gasteiger partial charge in [0.25, 0.3) is 0 Å². The second-order valence-corrected chi connectivity index (χ2v) is 6.66. The van der Waals surface area contributed by atoms with Crippen LogP contribution < -0.4 is 16.0 Å². The third-order valence-electron chi connectivity index (χ3n) is 4.60. The van der Waals surface area contributed by atoms with E-state index in [9.17, 15) is 4.79 Å². The lowest BCUT2D eigenvalue weighted by Gasteiger charge is -2.13. The molecule has 2 rings (SSSR count). The number of carbonyl (C=O) groups excluding carboxylic acids is 1. The number of carbonyl (C=O) groups is 1. The molecule has 0 aromatic heterocycles. The number of nitrogens with zero attached hydrogens (tertiary/aromatic N) is 1. The van der Waals surface area contributed by atoms with Crippen LogP contribution in [0.1, 0.15) is 64.2 Å². The highest BCUT2D eigenvalue weighted by atomic mass is 127. The molecular formula is C17H33IN4O. The van der Waals surface area contributed by atoms with Crippen LogP contribution in [0.5, 0.6) is 0 Å². The normalized spacial score (nSPS) is 18.4. The fraction of sp³-hybridized carbons (Fsp3) is 0.882. The Morgan fingerprint density at radius 3 is 2.30 bits per heavy atom. The van der Waals surface area contributed by atoms with Crippen molar-refractivity contribution in [1.29, 1.82) is 0 Å². The van der Waals surface area contributed by atoms with Crippen molar-refractivity contribution in [1.82, 2.24) is 16.0 Å². The predicted molar refractivity (Wildman–Crippen MR) is 106 cm³/mol. The van der Waals surface area contributed by atoms with Gasteiger partial charge in [0.05, 0.1) is 0 Å². The summed E-state index contributed by atoms with van der Waals surface area (Å²) in [6.45, 7) is 1.78. The second kappa shape index (κ2) is 11.9. The first-order chi connectivity index (χ1) is 10.8. The lowest BCUT2D eigenvalue weighted by Crippen LogP contribution is -2.38. The Hall–Kier alpha value is -0.530. The average Bonchev–Trinajstić information content (AvgIpc) is 3.17. The van der Waals surface area contributed by atoms with Gasteiger partial charge in [0.1, 0.15) is 0 Å². The van der Waals surface area contributed by atoms with E-state index in [1.54, 1.807) is 7.05 Å². The molecule has 0 unspecified atom stereocenters. The van der Waals surface area contributed by atoms with Gasteiger partial charge in [0.2, 0.25) is 5.91 Å². The molecule has 2 aliphatic carbocycles. The third kappa shape index (κ3) is 9.37. The van der Waals surface area contributed by atoms with Gasteiger partial charge >= 0.3 is 0 Å². The van der Waals surface area contributed by atoms with E-state index in [1.165, 1.54) is 38.5 Å². The van der Waals surface area contributed by atoms with E-state index in [0.29, 0.717) is 12.5 Å². The molecular weight excluding hydrogens is 403 g/mol. The Balaban J connectivity index is 0.00000264. The summed E-state index contributed by atoms with van der Waals surface area (Å²) in [5.74, 6) is 2.00. The summed E-state index contributed by atoms with van der Waals surface area (Å²) in [7, 11) is 1.80. The van der Waals surface area contributed by atoms with E-state index in [0.717, 1.165) is 44.2 Å². The minimum absolute atomic E-state index is 0. The molecule has 0 saturated heterocycles. The van der Waals surface area contributed by atoms with E-state index in [2.05, 4.69) is 20.9 Å². The Morgan fingerprint density at radius 2 is 1.70 bits per heavy atom. The smallest absolute Gasteiger partial charge is 0.220 e. The van der Waals surface area contributed by atoms with Crippen LogP contribution in [0.25, 0.3) is 0 Å². The zero-order valence-corrected chi connectivity index (χ0v) is 16.7. The van der Waals surface area contributed by atoms with Crippen LogP contribution in [0.4, 0.5) is 0 Å². The molecule has 2 aliphatic rings. The molecule has 134 valence electrons. The molecule has 0 radical (unpaired) electrons. The van der Waals surface area contributed by atoms with E-state index in [-0.39, 0.29) is 29.9 Å². The van der Waals surface area contributed by atoms with Crippen molar-refractivity contribution >= 4 is 35.8 Å². The summed E-state index contributed by atoms with van der Waals surface area (Å²) < 4.78 is 0. The minimum atomic E-state index is 0. The number of aliphatic imine (C=N–C) groups is 1. The molecule has 0 aromatic rings. The van der Waals surface area contributed by atoms with E-state index >= 15 is 0 Å². The number of halogens is 1. The highest BCUT2D eigenvalue weighted by Gasteiger charge is 2.22. The molecule has 5 nitrogen and oxygen atoms in total. The van der Waals surface area contributed by atoms with Crippen LogP contribution >= 0.6 is 24.0 Å². The highest BCUT2D eigenvalue weighted by molar-refractivity contribution is 14.0. The minimum Gasteiger partial charge on any atom is -0.356 e. The van der Waals surface area contributed by atoms with Gasteiger partial charge in [0, 0.05) is 32.6 Å². The quantitative estimate of drug-likeness (QED) is 0.225. The van der Waals surface area contributed by atoms with Crippen molar-refractivity contribution in [3.8, 4) is 0 Å². The SMILES string of the molecule is CN=C(NCCCC(=O)NC1CC1)NCCCC1CCCC1.I. The van der Waals surface area contributed by atoms with Gasteiger partial charge in [-0.15, -0.1) is 24.0 Å². The van der Waals surface area contributed by atoms with Gasteiger partial charge in [0.15, 0.2) is 5.96 Å². The van der Waals surface area contributed by atoms with Crippen LogP contribution in [-0.2, 0) is 4.79 Å². The maximum atomic E-state index is 11.6. The Kier molecular flexibility index (Phi) is 10.6. The van der Waals surface area contributed by atoms with Crippen molar-refractivity contribution < 1.29 is 4.79 Å². The molecule has 1 amide bonds. The maximum Gasteiger partial charge on any atom is 0.220 e. The summed E-state index contributed by atoms with van der Waals surface area (Å²) >= 11 is 0. The van der Waals surface area contributed by atoms with Crippen molar-refractivity contribution in [3.63, 3.8) is 0 Å². The summed E-state index contributed by atoms with van der Waals surface area (Å²) in [4.78, 5) is 15.8. The van der Waals surface area contributed by atoms with Crippen molar-refractivity contribution in [2.45, 2.75) is 70.3 Å². The molecule has 23 heavy (non-hydrogen) atoms. The van der Waals surface area contributed by atoms with Gasteiger partial charge in [-0.25, -0.2) is 0 Å². The Morgan fingerprint density at radius 1 is 1.04 bits per heavy atom. The fourth-order valence-electron chi connectivity index (χ4n) is 3.10. The molecule has 0 spiro atoms. The van der Waals surface area contributed by atoms with Crippen molar-refractivity contribution in [2.24, 2.45) is 10.9 Å². The van der Waals surface area contributed by atoms with Crippen LogP contribution in [0, 0.1) is 5.92 Å². The van der Waals surface area contributed by atoms with Gasteiger partial charge < -0.3 is 16.0 Å². The number of nitrogens with one attached hydrogen (secondary N) is 3. The Bertz CT molecular complexity index is 366. The summed E-state index contributed by atoms with van der Waals surface area (Å²) in [6, 6.07) is 0.467. The molecule has 6 heteroatoms. The number of amides is 1. The first-order valence-electron chi connectivity index (χ1n) is 9.02. The topological polar surface area (TPSA) is 65.5 Å². The van der Waals surface area contributed by atoms with Crippen LogP contribution in [0.15, 0.2) is 4.99 Å². The monoisotopic (exact) mass is 436 g/mol. The fourth-order valence-corrected chi connectivity index (χ4v) is 3.10. The number of hydrogen-bond acceptors (Lipinski definition) is 2. The predicted octanol–water partition coefficient (Wildman–Crippen LogP) is 2.80. The maximum absolute atomic E-state index is 11.6. The van der Waals surface area contributed by atoms with Crippen LogP contribution in [-0.4, -0.2) is 38.0 Å². The standard InChI is InChI=1S/C17H32N4O.HI/c1-18-17(19-12-4-8-14-6-2-3-7-14)20-13-5-9-16(22)21-15-10-11-15;/h14-15H,2-13H2,1H3,(H,21,22)(H2,18,19,20);1H. The van der Waals surface area contributed by atoms with Crippen LogP contribution in [0.2, 0.25) is 0 Å². The number of guanidine groups is 1. The van der Waals surface area contributed by atoms with Gasteiger partial charge in [-0.3, -0.25) is 9.79 Å². The first-order valence-corrected chi connectivity index (χ1v) is 9.02. The number of rotatable bonds is 9. The second-order valence-electron chi connectivity index (χ2n) is 6.66. The summed E-state index contributed by atoms with van der Waals surface area (Å²) in [6.07, 6.45) is 12.0. The van der Waals surface area contributed by atoms with E-state index in [1.807, 2.05) is 0 Å². The number of hydrogen-bond donors (Lipinski definition) is 3. The Labute approximate surface area is 157 Å². The summed E-state index contributed by atoms with van der Waals surface area (Å²) in [5.41, 5.74) is 0. The molecule has 0 aromatic carbocycles. The van der Waals surface area contributed by atoms with Gasteiger partial charge in [-0.2, -0.15) is 0 Å². The molecule has 2 fully saturated rings. The molecule has 0 bridgehead atoms. The molecule has 2 saturated carbocycles. The van der Waals surface area contributed by atoms with Crippen LogP contribution in [0.3, 0.4) is 0 Å². The van der Waals surface area contributed by atoms with E-state index < -0.39 is 0 Å².